The van der Waals surface area contributed by atoms with E-state index in [4.69, 9.17) is 11.6 Å². The number of hydrogen-bond donors (Lipinski definition) is 1. The number of rotatable bonds is 6. The first kappa shape index (κ1) is 19.6. The molecule has 0 fully saturated rings. The monoisotopic (exact) mass is 419 g/mol. The zero-order valence-electron chi connectivity index (χ0n) is 14.6. The zero-order chi connectivity index (χ0) is 19.4. The fourth-order valence-corrected chi connectivity index (χ4v) is 5.53. The molecule has 1 N–H and O–H groups in total. The molecule has 0 bridgehead atoms. The van der Waals surface area contributed by atoms with Crippen LogP contribution in [-0.2, 0) is 9.84 Å². The Balaban J connectivity index is 1.85. The molecule has 3 aromatic rings. The Morgan fingerprint density at radius 3 is 2.33 bits per heavy atom. The van der Waals surface area contributed by atoms with E-state index < -0.39 is 15.1 Å². The predicted octanol–water partition coefficient (Wildman–Crippen LogP) is 4.65. The van der Waals surface area contributed by atoms with Crippen molar-refractivity contribution >= 4 is 38.7 Å². The summed E-state index contributed by atoms with van der Waals surface area (Å²) in [6.45, 7) is 1.92. The van der Waals surface area contributed by atoms with Gasteiger partial charge in [0.1, 0.15) is 5.25 Å². The molecule has 3 rings (SSSR count). The maximum absolute atomic E-state index is 13.1. The quantitative estimate of drug-likeness (QED) is 0.632. The van der Waals surface area contributed by atoms with Crippen LogP contribution >= 0.6 is 22.9 Å². The minimum Gasteiger partial charge on any atom is -0.350 e. The van der Waals surface area contributed by atoms with Crippen LogP contribution in [0.5, 0.6) is 0 Å². The standard InChI is InChI=1S/C20H18ClNO3S2/c1-14-4-6-15(7-5-14)20(23)22-13-19(18-3-2-12-26-18)27(24,25)17-10-8-16(21)9-11-17/h2-12,19H,13H2,1H3,(H,22,23). The SMILES string of the molecule is Cc1ccc(C(=O)NCC(c2cccs2)S(=O)(=O)c2ccc(Cl)cc2)cc1. The van der Waals surface area contributed by atoms with Crippen LogP contribution in [0.15, 0.2) is 70.9 Å². The van der Waals surface area contributed by atoms with Gasteiger partial charge in [0.15, 0.2) is 9.84 Å². The Morgan fingerprint density at radius 1 is 1.07 bits per heavy atom. The Hall–Kier alpha value is -2.15. The highest BCUT2D eigenvalue weighted by Gasteiger charge is 2.30. The molecule has 1 unspecified atom stereocenters. The number of carbonyl (C=O) groups excluding carboxylic acids is 1. The minimum absolute atomic E-state index is 0.0157. The number of amides is 1. The lowest BCUT2D eigenvalue weighted by molar-refractivity contribution is 0.0953. The van der Waals surface area contributed by atoms with E-state index in [-0.39, 0.29) is 17.3 Å². The first-order valence-electron chi connectivity index (χ1n) is 8.25. The maximum Gasteiger partial charge on any atom is 0.251 e. The number of nitrogens with one attached hydrogen (secondary N) is 1. The number of aryl methyl sites for hydroxylation is 1. The maximum atomic E-state index is 13.1. The molecule has 140 valence electrons. The van der Waals surface area contributed by atoms with E-state index in [0.717, 1.165) is 5.56 Å². The first-order valence-corrected chi connectivity index (χ1v) is 11.1. The average Bonchev–Trinajstić information content (AvgIpc) is 3.16. The molecule has 0 aliphatic heterocycles. The Morgan fingerprint density at radius 2 is 1.74 bits per heavy atom. The van der Waals surface area contributed by atoms with Gasteiger partial charge in [0.2, 0.25) is 0 Å². The highest BCUT2D eigenvalue weighted by atomic mass is 35.5. The average molecular weight is 420 g/mol. The van der Waals surface area contributed by atoms with Gasteiger partial charge in [-0.25, -0.2) is 8.42 Å². The van der Waals surface area contributed by atoms with Crippen LogP contribution in [0.1, 0.15) is 26.0 Å². The summed E-state index contributed by atoms with van der Waals surface area (Å²) in [5, 5.41) is 4.18. The fraction of sp³-hybridized carbons (Fsp3) is 0.150. The van der Waals surface area contributed by atoms with Crippen molar-refractivity contribution in [2.45, 2.75) is 17.1 Å². The first-order chi connectivity index (χ1) is 12.9. The van der Waals surface area contributed by atoms with Crippen LogP contribution in [0.3, 0.4) is 0 Å². The third-order valence-electron chi connectivity index (χ3n) is 4.14. The van der Waals surface area contributed by atoms with Crippen molar-refractivity contribution in [3.8, 4) is 0 Å². The number of halogens is 1. The number of sulfone groups is 1. The Bertz CT molecular complexity index is 1010. The smallest absolute Gasteiger partial charge is 0.251 e. The van der Waals surface area contributed by atoms with Gasteiger partial charge in [0, 0.05) is 22.0 Å². The Kier molecular flexibility index (Phi) is 5.99. The van der Waals surface area contributed by atoms with Crippen molar-refractivity contribution in [2.24, 2.45) is 0 Å². The molecule has 27 heavy (non-hydrogen) atoms. The minimum atomic E-state index is -3.69. The van der Waals surface area contributed by atoms with E-state index in [1.165, 1.54) is 23.5 Å². The van der Waals surface area contributed by atoms with Crippen LogP contribution in [-0.4, -0.2) is 20.9 Å². The van der Waals surface area contributed by atoms with Gasteiger partial charge < -0.3 is 5.32 Å². The summed E-state index contributed by atoms with van der Waals surface area (Å²) in [6, 6.07) is 16.8. The van der Waals surface area contributed by atoms with Crippen molar-refractivity contribution in [2.75, 3.05) is 6.54 Å². The fourth-order valence-electron chi connectivity index (χ4n) is 2.62. The summed E-state index contributed by atoms with van der Waals surface area (Å²) in [7, 11) is -3.69. The summed E-state index contributed by atoms with van der Waals surface area (Å²) in [5.74, 6) is -0.303. The second kappa shape index (κ2) is 8.25. The number of benzene rings is 2. The summed E-state index contributed by atoms with van der Waals surface area (Å²) in [5.41, 5.74) is 1.54. The molecule has 1 atom stereocenters. The van der Waals surface area contributed by atoms with Gasteiger partial charge in [0.05, 0.1) is 4.90 Å². The van der Waals surface area contributed by atoms with Crippen molar-refractivity contribution in [3.05, 3.63) is 87.1 Å². The predicted molar refractivity (Wildman–Crippen MR) is 109 cm³/mol. The molecule has 1 aromatic heterocycles. The van der Waals surface area contributed by atoms with Gasteiger partial charge in [0.25, 0.3) is 5.91 Å². The molecule has 1 amide bonds. The van der Waals surface area contributed by atoms with Crippen molar-refractivity contribution in [1.29, 1.82) is 0 Å². The number of carbonyl (C=O) groups is 1. The lowest BCUT2D eigenvalue weighted by Crippen LogP contribution is -2.31. The summed E-state index contributed by atoms with van der Waals surface area (Å²) in [6.07, 6.45) is 0. The molecule has 7 heteroatoms. The molecule has 0 radical (unpaired) electrons. The van der Waals surface area contributed by atoms with E-state index in [2.05, 4.69) is 5.32 Å². The molecule has 1 heterocycles. The summed E-state index contributed by atoms with van der Waals surface area (Å²) in [4.78, 5) is 13.3. The van der Waals surface area contributed by atoms with Gasteiger partial charge >= 0.3 is 0 Å². The van der Waals surface area contributed by atoms with Crippen molar-refractivity contribution < 1.29 is 13.2 Å². The van der Waals surface area contributed by atoms with Crippen LogP contribution < -0.4 is 5.32 Å². The molecular weight excluding hydrogens is 402 g/mol. The summed E-state index contributed by atoms with van der Waals surface area (Å²) >= 11 is 7.22. The normalized spacial score (nSPS) is 12.5. The van der Waals surface area contributed by atoms with E-state index in [1.807, 2.05) is 24.4 Å². The lowest BCUT2D eigenvalue weighted by Gasteiger charge is -2.17. The highest BCUT2D eigenvalue weighted by molar-refractivity contribution is 7.91. The molecule has 0 spiro atoms. The van der Waals surface area contributed by atoms with Gasteiger partial charge in [-0.3, -0.25) is 4.79 Å². The van der Waals surface area contributed by atoms with E-state index in [1.54, 1.807) is 36.4 Å². The molecule has 4 nitrogen and oxygen atoms in total. The van der Waals surface area contributed by atoms with Gasteiger partial charge in [-0.2, -0.15) is 0 Å². The Labute approximate surface area is 167 Å². The van der Waals surface area contributed by atoms with E-state index >= 15 is 0 Å². The van der Waals surface area contributed by atoms with Crippen LogP contribution in [0, 0.1) is 6.92 Å². The second-order valence-electron chi connectivity index (χ2n) is 6.08. The van der Waals surface area contributed by atoms with Crippen LogP contribution in [0.4, 0.5) is 0 Å². The topological polar surface area (TPSA) is 63.2 Å². The lowest BCUT2D eigenvalue weighted by atomic mass is 10.1. The second-order valence-corrected chi connectivity index (χ2v) is 9.63. The van der Waals surface area contributed by atoms with Crippen molar-refractivity contribution in [1.82, 2.24) is 5.32 Å². The van der Waals surface area contributed by atoms with Gasteiger partial charge in [-0.05, 0) is 54.8 Å². The third kappa shape index (κ3) is 4.58. The molecule has 0 saturated carbocycles. The largest absolute Gasteiger partial charge is 0.350 e. The number of thiophene rings is 1. The number of hydrogen-bond acceptors (Lipinski definition) is 4. The van der Waals surface area contributed by atoms with Crippen molar-refractivity contribution in [3.63, 3.8) is 0 Å². The van der Waals surface area contributed by atoms with Gasteiger partial charge in [-0.1, -0.05) is 35.4 Å². The molecular formula is C20H18ClNO3S2. The van der Waals surface area contributed by atoms with Crippen LogP contribution in [0.2, 0.25) is 5.02 Å². The highest BCUT2D eigenvalue weighted by Crippen LogP contribution is 2.32. The van der Waals surface area contributed by atoms with E-state index in [0.29, 0.717) is 15.5 Å². The van der Waals surface area contributed by atoms with E-state index in [9.17, 15) is 13.2 Å². The molecule has 0 aliphatic rings. The van der Waals surface area contributed by atoms with Crippen LogP contribution in [0.25, 0.3) is 0 Å². The summed E-state index contributed by atoms with van der Waals surface area (Å²) < 4.78 is 26.3. The third-order valence-corrected chi connectivity index (χ3v) is 7.63. The molecule has 2 aromatic carbocycles. The zero-order valence-corrected chi connectivity index (χ0v) is 16.9. The van der Waals surface area contributed by atoms with Gasteiger partial charge in [-0.15, -0.1) is 11.3 Å². The molecule has 0 saturated heterocycles. The molecule has 0 aliphatic carbocycles.